The van der Waals surface area contributed by atoms with Crippen molar-refractivity contribution in [1.82, 2.24) is 0 Å². The van der Waals surface area contributed by atoms with Gasteiger partial charge < -0.3 is 4.48 Å². The molecule has 0 saturated carbocycles. The lowest BCUT2D eigenvalue weighted by Gasteiger charge is -2.30. The quantitative estimate of drug-likeness (QED) is 0.146. The molecule has 0 aliphatic rings. The SMILES string of the molecule is C=CCCCCCCCC[N+](C)(C)CCCCCCCCC=C. The first kappa shape index (κ1) is 22.4. The fourth-order valence-electron chi connectivity index (χ4n) is 3.18. The zero-order valence-corrected chi connectivity index (χ0v) is 16.3. The third-order valence-corrected chi connectivity index (χ3v) is 4.84. The van der Waals surface area contributed by atoms with Gasteiger partial charge in [-0.3, -0.25) is 0 Å². The highest BCUT2D eigenvalue weighted by molar-refractivity contribution is 4.65. The van der Waals surface area contributed by atoms with Gasteiger partial charge in [-0.2, -0.15) is 0 Å². The van der Waals surface area contributed by atoms with Crippen LogP contribution in [0.25, 0.3) is 0 Å². The lowest BCUT2D eigenvalue weighted by atomic mass is 10.1. The van der Waals surface area contributed by atoms with Gasteiger partial charge in [0, 0.05) is 0 Å². The van der Waals surface area contributed by atoms with Crippen LogP contribution in [0.1, 0.15) is 89.9 Å². The fraction of sp³-hybridized carbons (Fsp3) is 0.818. The van der Waals surface area contributed by atoms with Crippen molar-refractivity contribution in [2.75, 3.05) is 27.2 Å². The molecule has 0 rings (SSSR count). The van der Waals surface area contributed by atoms with Gasteiger partial charge in [-0.25, -0.2) is 0 Å². The number of hydrogen-bond acceptors (Lipinski definition) is 0. The number of allylic oxidation sites excluding steroid dienone is 2. The molecule has 1 nitrogen and oxygen atoms in total. The van der Waals surface area contributed by atoms with E-state index in [1.54, 1.807) is 0 Å². The minimum atomic E-state index is 1.19. The molecule has 0 heterocycles. The number of hydrogen-bond donors (Lipinski definition) is 0. The number of nitrogens with zero attached hydrogens (tertiary/aromatic N) is 1. The predicted octanol–water partition coefficient (Wildman–Crippen LogP) is 6.90. The largest absolute Gasteiger partial charge is 0.328 e. The first-order valence-electron chi connectivity index (χ1n) is 10.2. The first-order valence-corrected chi connectivity index (χ1v) is 10.2. The van der Waals surface area contributed by atoms with Crippen molar-refractivity contribution >= 4 is 0 Å². The maximum absolute atomic E-state index is 3.78. The second-order valence-electron chi connectivity index (χ2n) is 7.78. The van der Waals surface area contributed by atoms with Gasteiger partial charge in [-0.15, -0.1) is 13.2 Å². The smallest absolute Gasteiger partial charge is 0.0782 e. The Bertz CT molecular complexity index is 241. The van der Waals surface area contributed by atoms with E-state index in [0.29, 0.717) is 0 Å². The summed E-state index contributed by atoms with van der Waals surface area (Å²) >= 11 is 0. The molecule has 0 atom stereocenters. The number of rotatable bonds is 18. The summed E-state index contributed by atoms with van der Waals surface area (Å²) in [5.74, 6) is 0. The molecular formula is C22H44N+. The summed E-state index contributed by atoms with van der Waals surface area (Å²) < 4.78 is 1.22. The van der Waals surface area contributed by atoms with E-state index in [0.717, 1.165) is 0 Å². The van der Waals surface area contributed by atoms with Crippen molar-refractivity contribution in [3.63, 3.8) is 0 Å². The normalized spacial score (nSPS) is 11.6. The Morgan fingerprint density at radius 1 is 0.522 bits per heavy atom. The van der Waals surface area contributed by atoms with Gasteiger partial charge in [-0.05, 0) is 51.4 Å². The van der Waals surface area contributed by atoms with Gasteiger partial charge in [-0.1, -0.05) is 50.7 Å². The molecule has 0 saturated heterocycles. The molecule has 0 aliphatic heterocycles. The molecule has 0 fully saturated rings. The zero-order valence-electron chi connectivity index (χ0n) is 16.3. The van der Waals surface area contributed by atoms with Crippen LogP contribution in [0.4, 0.5) is 0 Å². The molecule has 0 bridgehead atoms. The fourth-order valence-corrected chi connectivity index (χ4v) is 3.18. The van der Waals surface area contributed by atoms with Crippen LogP contribution >= 0.6 is 0 Å². The molecule has 0 aromatic heterocycles. The maximum Gasteiger partial charge on any atom is 0.0782 e. The second-order valence-corrected chi connectivity index (χ2v) is 7.78. The van der Waals surface area contributed by atoms with Gasteiger partial charge in [0.05, 0.1) is 27.2 Å². The Morgan fingerprint density at radius 3 is 1.17 bits per heavy atom. The summed E-state index contributed by atoms with van der Waals surface area (Å²) in [5, 5.41) is 0. The molecule has 136 valence electrons. The predicted molar refractivity (Wildman–Crippen MR) is 107 cm³/mol. The molecule has 0 aromatic rings. The second kappa shape index (κ2) is 16.3. The van der Waals surface area contributed by atoms with Crippen molar-refractivity contribution in [3.05, 3.63) is 25.3 Å². The maximum atomic E-state index is 3.78. The van der Waals surface area contributed by atoms with Crippen LogP contribution in [0.2, 0.25) is 0 Å². The average Bonchev–Trinajstić information content (AvgIpc) is 2.52. The van der Waals surface area contributed by atoms with Gasteiger partial charge >= 0.3 is 0 Å². The highest BCUT2D eigenvalue weighted by Crippen LogP contribution is 2.12. The average molecular weight is 323 g/mol. The molecule has 0 radical (unpaired) electrons. The third-order valence-electron chi connectivity index (χ3n) is 4.84. The summed E-state index contributed by atoms with van der Waals surface area (Å²) in [5.41, 5.74) is 0. The van der Waals surface area contributed by atoms with Crippen molar-refractivity contribution < 1.29 is 4.48 Å². The van der Waals surface area contributed by atoms with E-state index in [1.807, 2.05) is 12.2 Å². The Labute approximate surface area is 147 Å². The van der Waals surface area contributed by atoms with Crippen LogP contribution in [0.3, 0.4) is 0 Å². The van der Waals surface area contributed by atoms with Crippen LogP contribution < -0.4 is 0 Å². The topological polar surface area (TPSA) is 0 Å². The molecule has 0 amide bonds. The van der Waals surface area contributed by atoms with Crippen LogP contribution in [-0.4, -0.2) is 31.7 Å². The van der Waals surface area contributed by atoms with E-state index >= 15 is 0 Å². The van der Waals surface area contributed by atoms with Crippen molar-refractivity contribution in [2.45, 2.75) is 89.9 Å². The molecular weight excluding hydrogens is 278 g/mol. The van der Waals surface area contributed by atoms with E-state index in [2.05, 4.69) is 27.3 Å². The minimum Gasteiger partial charge on any atom is -0.328 e. The van der Waals surface area contributed by atoms with Crippen molar-refractivity contribution in [1.29, 1.82) is 0 Å². The summed E-state index contributed by atoms with van der Waals surface area (Å²) in [4.78, 5) is 0. The van der Waals surface area contributed by atoms with E-state index in [-0.39, 0.29) is 0 Å². The monoisotopic (exact) mass is 322 g/mol. The standard InChI is InChI=1S/C22H44N/c1-5-7-9-11-13-15-17-19-21-23(3,4)22-20-18-16-14-12-10-8-6-2/h5-6H,1-2,7-22H2,3-4H3/q+1. The van der Waals surface area contributed by atoms with Crippen LogP contribution in [0.15, 0.2) is 25.3 Å². The molecule has 0 spiro atoms. The summed E-state index contributed by atoms with van der Waals surface area (Å²) in [6, 6.07) is 0. The Hall–Kier alpha value is -0.560. The lowest BCUT2D eigenvalue weighted by molar-refractivity contribution is -0.890. The highest BCUT2D eigenvalue weighted by atomic mass is 15.3. The van der Waals surface area contributed by atoms with Gasteiger partial charge in [0.1, 0.15) is 0 Å². The van der Waals surface area contributed by atoms with Crippen molar-refractivity contribution in [3.8, 4) is 0 Å². The Kier molecular flexibility index (Phi) is 15.9. The van der Waals surface area contributed by atoms with E-state index < -0.39 is 0 Å². The van der Waals surface area contributed by atoms with E-state index in [9.17, 15) is 0 Å². The van der Waals surface area contributed by atoms with Gasteiger partial charge in [0.2, 0.25) is 0 Å². The van der Waals surface area contributed by atoms with E-state index in [4.69, 9.17) is 0 Å². The molecule has 1 heteroatoms. The van der Waals surface area contributed by atoms with Crippen LogP contribution in [0, 0.1) is 0 Å². The Balaban J connectivity index is 3.36. The van der Waals surface area contributed by atoms with E-state index in [1.165, 1.54) is 107 Å². The van der Waals surface area contributed by atoms with Crippen LogP contribution in [-0.2, 0) is 0 Å². The Morgan fingerprint density at radius 2 is 0.826 bits per heavy atom. The summed E-state index contributed by atoms with van der Waals surface area (Å²) in [6.07, 6.45) is 23.2. The first-order chi connectivity index (χ1) is 11.1. The molecule has 0 aliphatic carbocycles. The third kappa shape index (κ3) is 17.6. The van der Waals surface area contributed by atoms with Crippen molar-refractivity contribution in [2.24, 2.45) is 0 Å². The molecule has 0 N–H and O–H groups in total. The zero-order chi connectivity index (χ0) is 17.2. The molecule has 0 aromatic carbocycles. The lowest BCUT2D eigenvalue weighted by Crippen LogP contribution is -2.41. The summed E-state index contributed by atoms with van der Waals surface area (Å²) in [6.45, 7) is 10.3. The molecule has 0 unspecified atom stereocenters. The number of quaternary nitrogens is 1. The molecule has 23 heavy (non-hydrogen) atoms. The van der Waals surface area contributed by atoms with Gasteiger partial charge in [0.15, 0.2) is 0 Å². The highest BCUT2D eigenvalue weighted by Gasteiger charge is 2.13. The number of unbranched alkanes of at least 4 members (excludes halogenated alkanes) is 12. The van der Waals surface area contributed by atoms with Crippen LogP contribution in [0.5, 0.6) is 0 Å². The van der Waals surface area contributed by atoms with Gasteiger partial charge in [0.25, 0.3) is 0 Å². The minimum absolute atomic E-state index is 1.19. The summed E-state index contributed by atoms with van der Waals surface area (Å²) in [7, 11) is 4.82.